The van der Waals surface area contributed by atoms with Crippen molar-refractivity contribution in [2.24, 2.45) is 0 Å². The number of pyridine rings is 1. The number of hydrogen-bond donors (Lipinski definition) is 0. The second-order valence-corrected chi connectivity index (χ2v) is 10.7. The maximum absolute atomic E-state index is 13.7. The Balaban J connectivity index is 1.60. The first-order chi connectivity index (χ1) is 16.8. The van der Waals surface area contributed by atoms with Crippen molar-refractivity contribution in [2.45, 2.75) is 31.7 Å². The molecule has 35 heavy (non-hydrogen) atoms. The molecule has 178 valence electrons. The Morgan fingerprint density at radius 2 is 1.83 bits per heavy atom. The van der Waals surface area contributed by atoms with Gasteiger partial charge in [-0.3, -0.25) is 4.79 Å². The van der Waals surface area contributed by atoms with Crippen LogP contribution in [0.2, 0.25) is 0 Å². The Morgan fingerprint density at radius 1 is 1.06 bits per heavy atom. The van der Waals surface area contributed by atoms with E-state index in [4.69, 9.17) is 9.47 Å². The summed E-state index contributed by atoms with van der Waals surface area (Å²) in [5, 5.41) is 0.778. The standard InChI is InChI=1S/C26H23N3O5S/c1-16-3-6-20(7-4-16)35(31,32)29-14-22(18-5-8-23-24(11-18)34-15-33-23)25-21-9-10-28(17(2)30)13-19(21)12-27-26(25)29/h3-8,11-12,14H,9-10,13,15H2,1-2H3. The average molecular weight is 490 g/mol. The molecule has 0 saturated carbocycles. The minimum absolute atomic E-state index is 0.00580. The molecule has 4 heterocycles. The summed E-state index contributed by atoms with van der Waals surface area (Å²) < 4.78 is 39.7. The molecule has 4 aromatic rings. The van der Waals surface area contributed by atoms with Gasteiger partial charge in [0.2, 0.25) is 12.7 Å². The number of hydrogen-bond acceptors (Lipinski definition) is 6. The summed E-state index contributed by atoms with van der Waals surface area (Å²) in [7, 11) is -3.90. The molecule has 0 aliphatic carbocycles. The fourth-order valence-corrected chi connectivity index (χ4v) is 6.10. The van der Waals surface area contributed by atoms with Crippen LogP contribution < -0.4 is 9.47 Å². The molecule has 0 unspecified atom stereocenters. The van der Waals surface area contributed by atoms with Crippen LogP contribution in [-0.2, 0) is 27.8 Å². The predicted molar refractivity (Wildman–Crippen MR) is 130 cm³/mol. The molecule has 2 aliphatic rings. The lowest BCUT2D eigenvalue weighted by Gasteiger charge is -2.28. The maximum atomic E-state index is 13.7. The van der Waals surface area contributed by atoms with Crippen molar-refractivity contribution < 1.29 is 22.7 Å². The van der Waals surface area contributed by atoms with E-state index in [1.165, 1.54) is 3.97 Å². The number of nitrogens with zero attached hydrogens (tertiary/aromatic N) is 3. The molecule has 6 rings (SSSR count). The summed E-state index contributed by atoms with van der Waals surface area (Å²) in [5.74, 6) is 1.28. The van der Waals surface area contributed by atoms with E-state index in [1.54, 1.807) is 48.5 Å². The van der Waals surface area contributed by atoms with Gasteiger partial charge in [-0.1, -0.05) is 23.8 Å². The van der Waals surface area contributed by atoms with E-state index in [9.17, 15) is 13.2 Å². The van der Waals surface area contributed by atoms with Crippen molar-refractivity contribution in [3.05, 3.63) is 71.5 Å². The minimum Gasteiger partial charge on any atom is -0.454 e. The molecule has 0 N–H and O–H groups in total. The van der Waals surface area contributed by atoms with Crippen LogP contribution in [-0.4, -0.2) is 41.5 Å². The highest BCUT2D eigenvalue weighted by molar-refractivity contribution is 7.90. The molecule has 2 aliphatic heterocycles. The smallest absolute Gasteiger partial charge is 0.269 e. The second kappa shape index (κ2) is 7.84. The highest BCUT2D eigenvalue weighted by Gasteiger charge is 2.28. The van der Waals surface area contributed by atoms with Gasteiger partial charge >= 0.3 is 0 Å². The fourth-order valence-electron chi connectivity index (χ4n) is 4.78. The molecule has 1 amide bonds. The lowest BCUT2D eigenvalue weighted by molar-refractivity contribution is -0.129. The van der Waals surface area contributed by atoms with Crippen LogP contribution in [0, 0.1) is 6.92 Å². The zero-order valence-corrected chi connectivity index (χ0v) is 20.1. The van der Waals surface area contributed by atoms with E-state index in [0.29, 0.717) is 36.7 Å². The summed E-state index contributed by atoms with van der Waals surface area (Å²) in [6.45, 7) is 4.64. The third-order valence-corrected chi connectivity index (χ3v) is 8.34. The van der Waals surface area contributed by atoms with E-state index in [-0.39, 0.29) is 17.6 Å². The molecule has 0 radical (unpaired) electrons. The van der Waals surface area contributed by atoms with E-state index in [0.717, 1.165) is 33.2 Å². The Kier molecular flexibility index (Phi) is 4.86. The Morgan fingerprint density at radius 3 is 2.60 bits per heavy atom. The van der Waals surface area contributed by atoms with Crippen LogP contribution in [0.5, 0.6) is 11.5 Å². The van der Waals surface area contributed by atoms with Crippen molar-refractivity contribution in [1.29, 1.82) is 0 Å². The number of ether oxygens (including phenoxy) is 2. The van der Waals surface area contributed by atoms with Crippen molar-refractivity contribution in [3.8, 4) is 22.6 Å². The number of benzene rings is 2. The largest absolute Gasteiger partial charge is 0.454 e. The maximum Gasteiger partial charge on any atom is 0.269 e. The Hall–Kier alpha value is -3.85. The summed E-state index contributed by atoms with van der Waals surface area (Å²) in [6, 6.07) is 12.4. The number of aryl methyl sites for hydroxylation is 1. The zero-order chi connectivity index (χ0) is 24.3. The molecular formula is C26H23N3O5S. The van der Waals surface area contributed by atoms with Gasteiger partial charge in [-0.05, 0) is 54.3 Å². The molecule has 0 atom stereocenters. The van der Waals surface area contributed by atoms with Crippen molar-refractivity contribution in [3.63, 3.8) is 0 Å². The molecule has 2 aromatic carbocycles. The first-order valence-corrected chi connectivity index (χ1v) is 12.8. The van der Waals surface area contributed by atoms with Gasteiger partial charge in [0.25, 0.3) is 10.0 Å². The molecule has 2 aromatic heterocycles. The van der Waals surface area contributed by atoms with E-state index in [2.05, 4.69) is 4.98 Å². The summed E-state index contributed by atoms with van der Waals surface area (Å²) >= 11 is 0. The van der Waals surface area contributed by atoms with Gasteiger partial charge in [-0.25, -0.2) is 17.4 Å². The number of carbonyl (C=O) groups is 1. The lowest BCUT2D eigenvalue weighted by atomic mass is 9.94. The number of aromatic nitrogens is 2. The fraction of sp³-hybridized carbons (Fsp3) is 0.231. The Bertz CT molecular complexity index is 1610. The Labute approximate surface area is 202 Å². The van der Waals surface area contributed by atoms with Crippen LogP contribution >= 0.6 is 0 Å². The highest BCUT2D eigenvalue weighted by Crippen LogP contribution is 2.41. The number of rotatable bonds is 3. The van der Waals surface area contributed by atoms with Gasteiger partial charge in [0, 0.05) is 43.4 Å². The van der Waals surface area contributed by atoms with Crippen LogP contribution in [0.25, 0.3) is 22.2 Å². The van der Waals surface area contributed by atoms with E-state index >= 15 is 0 Å². The van der Waals surface area contributed by atoms with E-state index in [1.807, 2.05) is 25.1 Å². The number of carbonyl (C=O) groups excluding carboxylic acids is 1. The quantitative estimate of drug-likeness (QED) is 0.434. The van der Waals surface area contributed by atoms with Gasteiger partial charge in [0.1, 0.15) is 0 Å². The van der Waals surface area contributed by atoms with Crippen molar-refractivity contribution >= 4 is 27.0 Å². The summed E-state index contributed by atoms with van der Waals surface area (Å²) in [4.78, 5) is 18.6. The normalized spacial score (nSPS) is 14.9. The number of fused-ring (bicyclic) bond motifs is 4. The SMILES string of the molecule is CC(=O)N1CCc2c(cnc3c2c(-c2ccc4c(c2)OCO4)cn3S(=O)(=O)c2ccc(C)cc2)C1. The van der Waals surface area contributed by atoms with Gasteiger partial charge < -0.3 is 14.4 Å². The predicted octanol–water partition coefficient (Wildman–Crippen LogP) is 3.88. The first-order valence-electron chi connectivity index (χ1n) is 11.3. The van der Waals surface area contributed by atoms with Gasteiger partial charge in [0.05, 0.1) is 4.90 Å². The zero-order valence-electron chi connectivity index (χ0n) is 19.3. The highest BCUT2D eigenvalue weighted by atomic mass is 32.2. The summed E-state index contributed by atoms with van der Waals surface area (Å²) in [5.41, 5.74) is 4.83. The molecule has 8 nitrogen and oxygen atoms in total. The molecule has 0 bridgehead atoms. The number of amides is 1. The van der Waals surface area contributed by atoms with E-state index < -0.39 is 10.0 Å². The third kappa shape index (κ3) is 3.46. The molecule has 0 saturated heterocycles. The second-order valence-electron chi connectivity index (χ2n) is 8.88. The minimum atomic E-state index is -3.90. The average Bonchev–Trinajstić information content (AvgIpc) is 3.48. The van der Waals surface area contributed by atoms with Gasteiger partial charge in [-0.2, -0.15) is 0 Å². The van der Waals surface area contributed by atoms with Crippen LogP contribution in [0.3, 0.4) is 0 Å². The third-order valence-electron chi connectivity index (χ3n) is 6.68. The molecule has 0 spiro atoms. The van der Waals surface area contributed by atoms with Gasteiger partial charge in [0.15, 0.2) is 17.1 Å². The van der Waals surface area contributed by atoms with Crippen LogP contribution in [0.4, 0.5) is 0 Å². The first kappa shape index (κ1) is 21.7. The van der Waals surface area contributed by atoms with Crippen molar-refractivity contribution in [1.82, 2.24) is 13.9 Å². The molecule has 9 heteroatoms. The van der Waals surface area contributed by atoms with Gasteiger partial charge in [-0.15, -0.1) is 0 Å². The van der Waals surface area contributed by atoms with Crippen LogP contribution in [0.1, 0.15) is 23.6 Å². The monoisotopic (exact) mass is 489 g/mol. The van der Waals surface area contributed by atoms with Crippen molar-refractivity contribution in [2.75, 3.05) is 13.3 Å². The summed E-state index contributed by atoms with van der Waals surface area (Å²) in [6.07, 6.45) is 3.94. The topological polar surface area (TPSA) is 90.7 Å². The van der Waals surface area contributed by atoms with Crippen LogP contribution in [0.15, 0.2) is 59.8 Å². The lowest BCUT2D eigenvalue weighted by Crippen LogP contribution is -2.34. The molecular weight excluding hydrogens is 466 g/mol. The molecule has 0 fully saturated rings.